The average molecular weight is 367 g/mol. The van der Waals surface area contributed by atoms with Gasteiger partial charge in [0.05, 0.1) is 0 Å². The summed E-state index contributed by atoms with van der Waals surface area (Å²) < 4.78 is 13.6. The van der Waals surface area contributed by atoms with Crippen molar-refractivity contribution in [2.45, 2.75) is 57.4 Å². The molecule has 138 valence electrons. The van der Waals surface area contributed by atoms with Crippen LogP contribution in [-0.4, -0.2) is 35.1 Å². The molecule has 2 rings (SSSR count). The molecular formula is C19H27FN2O2S. The number of unbranched alkanes of at least 4 members (excludes halogenated alkanes) is 2. The number of carbonyl (C=O) groups excluding carboxylic acids is 2. The van der Waals surface area contributed by atoms with Crippen molar-refractivity contribution in [2.24, 2.45) is 0 Å². The Bertz CT molecular complexity index is 597. The monoisotopic (exact) mass is 366 g/mol. The first-order valence-corrected chi connectivity index (χ1v) is 10.1. The number of halogens is 1. The summed E-state index contributed by atoms with van der Waals surface area (Å²) >= 11 is 1.52. The SMILES string of the molecule is CCCCCNC(=O)[C@H]1CS[C@@H](c2cccc(F)c2)N1C(=O)CCC. The molecule has 4 nitrogen and oxygen atoms in total. The second-order valence-corrected chi connectivity index (χ2v) is 7.42. The molecule has 1 aromatic rings. The molecule has 0 bridgehead atoms. The Morgan fingerprint density at radius 3 is 2.76 bits per heavy atom. The predicted octanol–water partition coefficient (Wildman–Crippen LogP) is 3.87. The van der Waals surface area contributed by atoms with E-state index in [1.54, 1.807) is 11.0 Å². The fraction of sp³-hybridized carbons (Fsp3) is 0.579. The molecule has 1 heterocycles. The van der Waals surface area contributed by atoms with E-state index >= 15 is 0 Å². The minimum atomic E-state index is -0.487. The third-order valence-electron chi connectivity index (χ3n) is 4.27. The number of carbonyl (C=O) groups is 2. The lowest BCUT2D eigenvalue weighted by Crippen LogP contribution is -2.48. The van der Waals surface area contributed by atoms with Gasteiger partial charge in [-0.15, -0.1) is 11.8 Å². The highest BCUT2D eigenvalue weighted by Gasteiger charge is 2.41. The van der Waals surface area contributed by atoms with E-state index in [1.165, 1.54) is 23.9 Å². The Morgan fingerprint density at radius 1 is 1.28 bits per heavy atom. The minimum Gasteiger partial charge on any atom is -0.354 e. The lowest BCUT2D eigenvalue weighted by molar-refractivity contribution is -0.139. The van der Waals surface area contributed by atoms with Crippen LogP contribution in [0.15, 0.2) is 24.3 Å². The molecule has 2 amide bonds. The Kier molecular flexibility index (Phi) is 7.75. The van der Waals surface area contributed by atoms with Gasteiger partial charge in [0, 0.05) is 18.7 Å². The average Bonchev–Trinajstić information content (AvgIpc) is 3.04. The lowest BCUT2D eigenvalue weighted by atomic mass is 10.1. The van der Waals surface area contributed by atoms with Gasteiger partial charge in [-0.2, -0.15) is 0 Å². The van der Waals surface area contributed by atoms with E-state index in [1.807, 2.05) is 13.0 Å². The molecule has 1 fully saturated rings. The highest BCUT2D eigenvalue weighted by atomic mass is 32.2. The van der Waals surface area contributed by atoms with Crippen LogP contribution in [0.5, 0.6) is 0 Å². The molecule has 0 aromatic heterocycles. The van der Waals surface area contributed by atoms with Gasteiger partial charge >= 0.3 is 0 Å². The van der Waals surface area contributed by atoms with Gasteiger partial charge in [-0.3, -0.25) is 9.59 Å². The quantitative estimate of drug-likeness (QED) is 0.711. The van der Waals surface area contributed by atoms with Crippen molar-refractivity contribution in [1.29, 1.82) is 0 Å². The van der Waals surface area contributed by atoms with Gasteiger partial charge in [-0.1, -0.05) is 38.8 Å². The zero-order chi connectivity index (χ0) is 18.2. The van der Waals surface area contributed by atoms with Crippen molar-refractivity contribution in [2.75, 3.05) is 12.3 Å². The maximum atomic E-state index is 13.6. The smallest absolute Gasteiger partial charge is 0.243 e. The van der Waals surface area contributed by atoms with E-state index in [0.717, 1.165) is 31.2 Å². The maximum absolute atomic E-state index is 13.6. The normalized spacial score (nSPS) is 19.9. The van der Waals surface area contributed by atoms with E-state index in [-0.39, 0.29) is 23.0 Å². The van der Waals surface area contributed by atoms with Crippen LogP contribution in [0.1, 0.15) is 56.9 Å². The standard InChI is InChI=1S/C19H27FN2O2S/c1-3-5-6-11-21-18(24)16-13-25-19(22(16)17(23)8-4-2)14-9-7-10-15(20)12-14/h7,9-10,12,16,19H,3-6,8,11,13H2,1-2H3,(H,21,24)/t16-,19+/m1/s1. The number of benzene rings is 1. The Morgan fingerprint density at radius 2 is 2.08 bits per heavy atom. The molecule has 1 N–H and O–H groups in total. The van der Waals surface area contributed by atoms with Crippen LogP contribution in [0.4, 0.5) is 4.39 Å². The lowest BCUT2D eigenvalue weighted by Gasteiger charge is -2.29. The van der Waals surface area contributed by atoms with E-state index in [2.05, 4.69) is 12.2 Å². The summed E-state index contributed by atoms with van der Waals surface area (Å²) in [6, 6.07) is 5.81. The van der Waals surface area contributed by atoms with Gasteiger partial charge in [0.2, 0.25) is 11.8 Å². The highest BCUT2D eigenvalue weighted by molar-refractivity contribution is 7.99. The fourth-order valence-corrected chi connectivity index (χ4v) is 4.42. The number of nitrogens with one attached hydrogen (secondary N) is 1. The number of amides is 2. The van der Waals surface area contributed by atoms with E-state index < -0.39 is 6.04 Å². The third kappa shape index (κ3) is 5.21. The van der Waals surface area contributed by atoms with Gasteiger partial charge in [-0.25, -0.2) is 4.39 Å². The van der Waals surface area contributed by atoms with Gasteiger partial charge in [0.25, 0.3) is 0 Å². The Labute approximate surface area is 153 Å². The summed E-state index contributed by atoms with van der Waals surface area (Å²) in [6.45, 7) is 4.69. The number of rotatable bonds is 8. The predicted molar refractivity (Wildman–Crippen MR) is 99.7 cm³/mol. The van der Waals surface area contributed by atoms with E-state index in [0.29, 0.717) is 18.7 Å². The molecule has 1 aliphatic heterocycles. The van der Waals surface area contributed by atoms with Crippen LogP contribution in [0.2, 0.25) is 0 Å². The molecular weight excluding hydrogens is 339 g/mol. The van der Waals surface area contributed by atoms with Crippen molar-refractivity contribution in [3.8, 4) is 0 Å². The topological polar surface area (TPSA) is 49.4 Å². The van der Waals surface area contributed by atoms with Crippen molar-refractivity contribution in [3.05, 3.63) is 35.6 Å². The first-order valence-electron chi connectivity index (χ1n) is 9.04. The molecule has 0 aliphatic carbocycles. The van der Waals surface area contributed by atoms with Crippen molar-refractivity contribution < 1.29 is 14.0 Å². The number of thioether (sulfide) groups is 1. The summed E-state index contributed by atoms with van der Waals surface area (Å²) in [6.07, 6.45) is 4.23. The second-order valence-electron chi connectivity index (χ2n) is 6.31. The van der Waals surface area contributed by atoms with Gasteiger partial charge in [0.1, 0.15) is 17.2 Å². The van der Waals surface area contributed by atoms with Crippen molar-refractivity contribution in [3.63, 3.8) is 0 Å². The number of hydrogen-bond acceptors (Lipinski definition) is 3. The summed E-state index contributed by atoms with van der Waals surface area (Å²) in [5.74, 6) is 0.0619. The third-order valence-corrected chi connectivity index (χ3v) is 5.59. The Balaban J connectivity index is 2.13. The van der Waals surface area contributed by atoms with Crippen molar-refractivity contribution in [1.82, 2.24) is 10.2 Å². The summed E-state index contributed by atoms with van der Waals surface area (Å²) in [5, 5.41) is 2.65. The van der Waals surface area contributed by atoms with Crippen LogP contribution >= 0.6 is 11.8 Å². The first-order chi connectivity index (χ1) is 12.1. The summed E-state index contributed by atoms with van der Waals surface area (Å²) in [7, 11) is 0. The van der Waals surface area contributed by atoms with Crippen LogP contribution in [0.3, 0.4) is 0 Å². The largest absolute Gasteiger partial charge is 0.354 e. The van der Waals surface area contributed by atoms with Gasteiger partial charge in [0.15, 0.2) is 0 Å². The van der Waals surface area contributed by atoms with Crippen LogP contribution in [0, 0.1) is 5.82 Å². The zero-order valence-electron chi connectivity index (χ0n) is 15.0. The molecule has 1 aromatic carbocycles. The molecule has 1 aliphatic rings. The number of nitrogens with zero attached hydrogens (tertiary/aromatic N) is 1. The fourth-order valence-electron chi connectivity index (χ4n) is 2.98. The zero-order valence-corrected chi connectivity index (χ0v) is 15.8. The molecule has 0 saturated carbocycles. The molecule has 1 saturated heterocycles. The molecule has 25 heavy (non-hydrogen) atoms. The summed E-state index contributed by atoms with van der Waals surface area (Å²) in [4.78, 5) is 26.9. The maximum Gasteiger partial charge on any atom is 0.243 e. The molecule has 0 radical (unpaired) electrons. The minimum absolute atomic E-state index is 0.0459. The Hall–Kier alpha value is -1.56. The first kappa shape index (κ1) is 19.8. The van der Waals surface area contributed by atoms with E-state index in [4.69, 9.17) is 0 Å². The van der Waals surface area contributed by atoms with Gasteiger partial charge < -0.3 is 10.2 Å². The number of hydrogen-bond donors (Lipinski definition) is 1. The second kappa shape index (κ2) is 9.80. The van der Waals surface area contributed by atoms with Crippen LogP contribution in [0.25, 0.3) is 0 Å². The highest BCUT2D eigenvalue weighted by Crippen LogP contribution is 2.42. The van der Waals surface area contributed by atoms with Crippen LogP contribution < -0.4 is 5.32 Å². The van der Waals surface area contributed by atoms with Crippen LogP contribution in [-0.2, 0) is 9.59 Å². The molecule has 6 heteroatoms. The molecule has 0 unspecified atom stereocenters. The van der Waals surface area contributed by atoms with E-state index in [9.17, 15) is 14.0 Å². The molecule has 2 atom stereocenters. The van der Waals surface area contributed by atoms with Gasteiger partial charge in [-0.05, 0) is 30.5 Å². The molecule has 0 spiro atoms. The summed E-state index contributed by atoms with van der Waals surface area (Å²) in [5.41, 5.74) is 0.732. The van der Waals surface area contributed by atoms with Crippen molar-refractivity contribution >= 4 is 23.6 Å².